The van der Waals surface area contributed by atoms with E-state index in [2.05, 4.69) is 15.2 Å². The predicted octanol–water partition coefficient (Wildman–Crippen LogP) is 4.25. The lowest BCUT2D eigenvalue weighted by Gasteiger charge is -2.06. The van der Waals surface area contributed by atoms with Crippen LogP contribution < -0.4 is 5.56 Å². The lowest BCUT2D eigenvalue weighted by molar-refractivity contribution is 0.420. The number of fused-ring (bicyclic) bond motifs is 1. The van der Waals surface area contributed by atoms with Gasteiger partial charge in [0.15, 0.2) is 0 Å². The van der Waals surface area contributed by atoms with Crippen molar-refractivity contribution in [3.63, 3.8) is 0 Å². The Hall–Kier alpha value is -2.93. The van der Waals surface area contributed by atoms with Gasteiger partial charge in [-0.3, -0.25) is 9.36 Å². The minimum Gasteiger partial charge on any atom is -0.416 e. The normalized spacial score (nSPS) is 11.2. The van der Waals surface area contributed by atoms with Crippen molar-refractivity contribution in [1.29, 1.82) is 0 Å². The van der Waals surface area contributed by atoms with E-state index in [0.717, 1.165) is 35.2 Å². The third-order valence-corrected chi connectivity index (χ3v) is 5.55. The highest BCUT2D eigenvalue weighted by molar-refractivity contribution is 7.99. The van der Waals surface area contributed by atoms with Gasteiger partial charge in [-0.15, -0.1) is 10.2 Å². The summed E-state index contributed by atoms with van der Waals surface area (Å²) in [6.45, 7) is 2.63. The Kier molecular flexibility index (Phi) is 6.05. The van der Waals surface area contributed by atoms with Gasteiger partial charge in [-0.2, -0.15) is 0 Å². The van der Waals surface area contributed by atoms with Crippen molar-refractivity contribution in [1.82, 2.24) is 19.7 Å². The summed E-state index contributed by atoms with van der Waals surface area (Å²) in [5.74, 6) is 1.49. The molecule has 0 spiro atoms. The average Bonchev–Trinajstić information content (AvgIpc) is 3.17. The Morgan fingerprint density at radius 3 is 2.79 bits per heavy atom. The summed E-state index contributed by atoms with van der Waals surface area (Å²) in [7, 11) is 0. The molecule has 0 aliphatic rings. The molecule has 2 heterocycles. The first-order valence-electron chi connectivity index (χ1n) is 9.64. The lowest BCUT2D eigenvalue weighted by atomic mass is 10.2. The van der Waals surface area contributed by atoms with E-state index in [4.69, 9.17) is 4.42 Å². The van der Waals surface area contributed by atoms with Gasteiger partial charge in [-0.25, -0.2) is 4.98 Å². The molecule has 2 aromatic carbocycles. The minimum atomic E-state index is 0.0220. The van der Waals surface area contributed by atoms with E-state index in [9.17, 15) is 4.79 Å². The molecule has 148 valence electrons. The van der Waals surface area contributed by atoms with Crippen LogP contribution in [0, 0.1) is 6.92 Å². The Morgan fingerprint density at radius 2 is 1.93 bits per heavy atom. The number of benzene rings is 2. The van der Waals surface area contributed by atoms with E-state index < -0.39 is 0 Å². The number of aryl methyl sites for hydroxylation is 2. The van der Waals surface area contributed by atoms with E-state index in [1.807, 2.05) is 55.5 Å². The molecule has 6 nitrogen and oxygen atoms in total. The summed E-state index contributed by atoms with van der Waals surface area (Å²) < 4.78 is 7.40. The topological polar surface area (TPSA) is 73.8 Å². The summed E-state index contributed by atoms with van der Waals surface area (Å²) >= 11 is 1.55. The highest BCUT2D eigenvalue weighted by Gasteiger charge is 2.08. The van der Waals surface area contributed by atoms with E-state index in [1.165, 1.54) is 0 Å². The number of thioether (sulfide) groups is 1. The molecule has 0 bridgehead atoms. The Labute approximate surface area is 173 Å². The number of aromatic nitrogens is 4. The molecule has 0 fully saturated rings. The van der Waals surface area contributed by atoms with Crippen molar-refractivity contribution in [3.05, 3.63) is 82.2 Å². The Bertz CT molecular complexity index is 1150. The number of unbranched alkanes of at least 4 members (excludes halogenated alkanes) is 1. The molecule has 0 saturated heterocycles. The number of rotatable bonds is 8. The molecule has 0 amide bonds. The fraction of sp³-hybridized carbons (Fsp3) is 0.273. The molecule has 0 unspecified atom stereocenters. The van der Waals surface area contributed by atoms with Gasteiger partial charge in [0, 0.05) is 12.3 Å². The second-order valence-corrected chi connectivity index (χ2v) is 7.99. The summed E-state index contributed by atoms with van der Waals surface area (Å²) in [5.41, 5.74) is 2.98. The molecular formula is C22H22N4O2S. The van der Waals surface area contributed by atoms with E-state index in [-0.39, 0.29) is 5.56 Å². The number of hydrogen-bond acceptors (Lipinski definition) is 6. The van der Waals surface area contributed by atoms with Gasteiger partial charge in [0.25, 0.3) is 10.8 Å². The zero-order chi connectivity index (χ0) is 20.1. The van der Waals surface area contributed by atoms with Crippen molar-refractivity contribution in [3.8, 4) is 0 Å². The van der Waals surface area contributed by atoms with Gasteiger partial charge >= 0.3 is 0 Å². The fourth-order valence-electron chi connectivity index (χ4n) is 3.11. The Morgan fingerprint density at radius 1 is 1.07 bits per heavy atom. The molecule has 0 aliphatic heterocycles. The maximum Gasteiger partial charge on any atom is 0.276 e. The standard InChI is InChI=1S/C22H22N4O2S/c1-16-9-10-19-18(13-16)21(27)26(15-23-19)11-5-6-12-29-22-25-24-20(28-22)14-17-7-3-2-4-8-17/h2-4,7-10,13,15H,5-6,11-12,14H2,1H3. The van der Waals surface area contributed by atoms with Crippen molar-refractivity contribution < 1.29 is 4.42 Å². The van der Waals surface area contributed by atoms with Gasteiger partial charge in [-0.1, -0.05) is 53.7 Å². The van der Waals surface area contributed by atoms with Crippen LogP contribution in [0.2, 0.25) is 0 Å². The van der Waals surface area contributed by atoms with Crippen LogP contribution in [0.1, 0.15) is 29.9 Å². The molecule has 2 aromatic heterocycles. The highest BCUT2D eigenvalue weighted by atomic mass is 32.2. The largest absolute Gasteiger partial charge is 0.416 e. The molecule has 4 rings (SSSR count). The number of nitrogens with zero attached hydrogens (tertiary/aromatic N) is 4. The third kappa shape index (κ3) is 4.92. The SMILES string of the molecule is Cc1ccc2ncn(CCCCSc3nnc(Cc4ccccc4)o3)c(=O)c2c1. The Balaban J connectivity index is 1.26. The molecular weight excluding hydrogens is 384 g/mol. The summed E-state index contributed by atoms with van der Waals surface area (Å²) in [6.07, 6.45) is 4.11. The smallest absolute Gasteiger partial charge is 0.276 e. The maximum absolute atomic E-state index is 12.6. The first kappa shape index (κ1) is 19.4. The van der Waals surface area contributed by atoms with Gasteiger partial charge in [0.1, 0.15) is 0 Å². The average molecular weight is 407 g/mol. The van der Waals surface area contributed by atoms with Crippen LogP contribution >= 0.6 is 11.8 Å². The highest BCUT2D eigenvalue weighted by Crippen LogP contribution is 2.19. The number of hydrogen-bond donors (Lipinski definition) is 0. The van der Waals surface area contributed by atoms with Crippen molar-refractivity contribution in [2.45, 2.75) is 38.0 Å². The molecule has 0 aliphatic carbocycles. The third-order valence-electron chi connectivity index (χ3n) is 4.64. The van der Waals surface area contributed by atoms with Crippen LogP contribution in [0.5, 0.6) is 0 Å². The summed E-state index contributed by atoms with van der Waals surface area (Å²) in [6, 6.07) is 15.8. The van der Waals surface area contributed by atoms with Crippen LogP contribution in [0.15, 0.2) is 69.3 Å². The van der Waals surface area contributed by atoms with Crippen molar-refractivity contribution in [2.75, 3.05) is 5.75 Å². The predicted molar refractivity (Wildman–Crippen MR) is 114 cm³/mol. The first-order valence-corrected chi connectivity index (χ1v) is 10.6. The van der Waals surface area contributed by atoms with Crippen LogP contribution in [-0.4, -0.2) is 25.5 Å². The molecule has 0 radical (unpaired) electrons. The monoisotopic (exact) mass is 406 g/mol. The zero-order valence-electron chi connectivity index (χ0n) is 16.2. The van der Waals surface area contributed by atoms with Gasteiger partial charge in [-0.05, 0) is 37.5 Å². The van der Waals surface area contributed by atoms with Crippen LogP contribution in [0.25, 0.3) is 10.9 Å². The molecule has 29 heavy (non-hydrogen) atoms. The minimum absolute atomic E-state index is 0.0220. The molecule has 0 saturated carbocycles. The molecule has 0 atom stereocenters. The van der Waals surface area contributed by atoms with Gasteiger partial charge in [0.05, 0.1) is 23.7 Å². The molecule has 4 aromatic rings. The van der Waals surface area contributed by atoms with Crippen LogP contribution in [0.4, 0.5) is 0 Å². The maximum atomic E-state index is 12.6. The quantitative estimate of drug-likeness (QED) is 0.322. The fourth-order valence-corrected chi connectivity index (χ4v) is 3.89. The van der Waals surface area contributed by atoms with Crippen molar-refractivity contribution in [2.24, 2.45) is 0 Å². The van der Waals surface area contributed by atoms with E-state index in [0.29, 0.717) is 29.5 Å². The van der Waals surface area contributed by atoms with Gasteiger partial charge < -0.3 is 4.42 Å². The summed E-state index contributed by atoms with van der Waals surface area (Å²) in [5, 5.41) is 9.49. The first-order chi connectivity index (χ1) is 14.2. The molecule has 0 N–H and O–H groups in total. The molecule has 7 heteroatoms. The van der Waals surface area contributed by atoms with E-state index in [1.54, 1.807) is 22.7 Å². The van der Waals surface area contributed by atoms with Crippen LogP contribution in [-0.2, 0) is 13.0 Å². The van der Waals surface area contributed by atoms with Gasteiger partial charge in [0.2, 0.25) is 5.89 Å². The second kappa shape index (κ2) is 9.05. The summed E-state index contributed by atoms with van der Waals surface area (Å²) in [4.78, 5) is 17.0. The van der Waals surface area contributed by atoms with E-state index >= 15 is 0 Å². The zero-order valence-corrected chi connectivity index (χ0v) is 17.1. The van der Waals surface area contributed by atoms with Crippen molar-refractivity contribution >= 4 is 22.7 Å². The van der Waals surface area contributed by atoms with Crippen LogP contribution in [0.3, 0.4) is 0 Å². The second-order valence-electron chi connectivity index (χ2n) is 6.94. The lowest BCUT2D eigenvalue weighted by Crippen LogP contribution is -2.20.